The molecule has 8 rings (SSSR count). The van der Waals surface area contributed by atoms with Crippen molar-refractivity contribution in [2.75, 3.05) is 36.4 Å². The predicted molar refractivity (Wildman–Crippen MR) is 217 cm³/mol. The third-order valence-electron chi connectivity index (χ3n) is 11.1. The Morgan fingerprint density at radius 3 is 2.31 bits per heavy atom. The smallest absolute Gasteiger partial charge is 0.335 e. The number of carboxylic acid groups (broad SMARTS) is 1. The Labute approximate surface area is 324 Å². The van der Waals surface area contributed by atoms with E-state index in [1.54, 1.807) is 12.1 Å². The molecule has 11 heteroatoms. The Hall–Kier alpha value is -5.09. The minimum absolute atomic E-state index is 0.0970. The quantitative estimate of drug-likeness (QED) is 0.136. The molecular weight excluding hydrogens is 719 g/mol. The zero-order valence-electron chi connectivity index (χ0n) is 30.1. The van der Waals surface area contributed by atoms with E-state index in [9.17, 15) is 14.7 Å². The lowest BCUT2D eigenvalue weighted by Crippen LogP contribution is -2.51. The molecule has 0 radical (unpaired) electrons. The number of hydrogen-bond donors (Lipinski definition) is 3. The van der Waals surface area contributed by atoms with E-state index in [-0.39, 0.29) is 11.6 Å². The van der Waals surface area contributed by atoms with E-state index in [4.69, 9.17) is 28.2 Å². The third-order valence-corrected chi connectivity index (χ3v) is 11.6. The minimum Gasteiger partial charge on any atom is -0.478 e. The molecule has 2 aliphatic rings. The number of fused-ring (bicyclic) bond motifs is 1. The summed E-state index contributed by atoms with van der Waals surface area (Å²) < 4.78 is 2.09. The fraction of sp³-hybridized carbons (Fsp3) is 0.279. The largest absolute Gasteiger partial charge is 0.478 e. The molecule has 1 aliphatic carbocycles. The topological polar surface area (TPSA) is 106 Å². The minimum atomic E-state index is -1.06. The lowest BCUT2D eigenvalue weighted by atomic mass is 9.94. The molecule has 0 spiro atoms. The van der Waals surface area contributed by atoms with Crippen LogP contribution in [0.2, 0.25) is 10.0 Å². The molecule has 2 fully saturated rings. The predicted octanol–water partition coefficient (Wildman–Crippen LogP) is 10.0. The maximum Gasteiger partial charge on any atom is 0.335 e. The Morgan fingerprint density at radius 2 is 1.59 bits per heavy atom. The van der Waals surface area contributed by atoms with Gasteiger partial charge in [-0.15, -0.1) is 0 Å². The number of carbonyl (C=O) groups is 2. The van der Waals surface area contributed by atoms with Crippen molar-refractivity contribution in [1.29, 1.82) is 0 Å². The normalized spacial score (nSPS) is 16.1. The van der Waals surface area contributed by atoms with Gasteiger partial charge in [0.25, 0.3) is 5.91 Å². The van der Waals surface area contributed by atoms with Crippen LogP contribution in [0.5, 0.6) is 0 Å². The Morgan fingerprint density at radius 1 is 0.870 bits per heavy atom. The second-order valence-electron chi connectivity index (χ2n) is 14.3. The van der Waals surface area contributed by atoms with Gasteiger partial charge in [0.05, 0.1) is 40.7 Å². The highest BCUT2D eigenvalue weighted by Crippen LogP contribution is 2.42. The number of benzene rings is 4. The monoisotopic (exact) mass is 760 g/mol. The maximum absolute atomic E-state index is 14.8. The van der Waals surface area contributed by atoms with E-state index in [0.717, 1.165) is 54.1 Å². The molecule has 3 heterocycles. The number of nitrogens with one attached hydrogen (secondary N) is 2. The van der Waals surface area contributed by atoms with Gasteiger partial charge in [0, 0.05) is 64.3 Å². The van der Waals surface area contributed by atoms with Crippen LogP contribution in [0.25, 0.3) is 33.4 Å². The number of aromatic carboxylic acids is 1. The van der Waals surface area contributed by atoms with Gasteiger partial charge in [-0.2, -0.15) is 0 Å². The molecule has 1 amide bonds. The van der Waals surface area contributed by atoms with E-state index >= 15 is 0 Å². The van der Waals surface area contributed by atoms with Crippen molar-refractivity contribution >= 4 is 57.4 Å². The number of aromatic nitrogens is 3. The van der Waals surface area contributed by atoms with Crippen LogP contribution < -0.4 is 10.2 Å². The van der Waals surface area contributed by atoms with Gasteiger partial charge in [0.1, 0.15) is 5.69 Å². The Balaban J connectivity index is 1.22. The molecule has 1 aliphatic heterocycles. The summed E-state index contributed by atoms with van der Waals surface area (Å²) in [5.74, 6) is -1.47. The lowest BCUT2D eigenvalue weighted by molar-refractivity contribution is 0.0696. The maximum atomic E-state index is 14.8. The van der Waals surface area contributed by atoms with Gasteiger partial charge >= 0.3 is 5.97 Å². The fourth-order valence-corrected chi connectivity index (χ4v) is 8.50. The summed E-state index contributed by atoms with van der Waals surface area (Å²) >= 11 is 12.8. The number of carboxylic acids is 1. The first-order chi connectivity index (χ1) is 26.2. The van der Waals surface area contributed by atoms with Crippen LogP contribution in [0.1, 0.15) is 71.5 Å². The van der Waals surface area contributed by atoms with Crippen LogP contribution in [0.15, 0.2) is 97.3 Å². The van der Waals surface area contributed by atoms with Crippen molar-refractivity contribution in [3.8, 4) is 22.5 Å². The number of aromatic amines is 1. The number of amides is 1. The third kappa shape index (κ3) is 7.11. The average molecular weight is 762 g/mol. The van der Waals surface area contributed by atoms with Gasteiger partial charge in [-0.25, -0.2) is 9.78 Å². The highest BCUT2D eigenvalue weighted by molar-refractivity contribution is 6.31. The van der Waals surface area contributed by atoms with Crippen molar-refractivity contribution in [2.45, 2.75) is 51.1 Å². The molecule has 9 nitrogen and oxygen atoms in total. The molecule has 54 heavy (non-hydrogen) atoms. The van der Waals surface area contributed by atoms with E-state index < -0.39 is 11.9 Å². The molecule has 0 bridgehead atoms. The number of carbonyl (C=O) groups excluding carboxylic acids is 1. The van der Waals surface area contributed by atoms with Crippen molar-refractivity contribution < 1.29 is 14.7 Å². The zero-order chi connectivity index (χ0) is 37.3. The van der Waals surface area contributed by atoms with E-state index in [1.807, 2.05) is 85.2 Å². The number of imidazole rings is 1. The second kappa shape index (κ2) is 15.3. The standard InChI is InChI=1S/C43H42Cl2N6O3/c1-27(28-12-15-31(44)16-13-28)51-26-46-39(29-8-4-2-5-9-29)41(51)38-34-18-17-32(45)25-35(34)47-40(38)42(52)48-36-24-30(43(53)54)14-19-37(36)50-22-20-49(21-23-50)33-10-6-3-7-11-33/h2,4-5,8-9,12-19,24-27,33,47H,3,6-7,10-11,20-23H2,1H3,(H,48,52)(H,53,54). The SMILES string of the molecule is CC(c1ccc(Cl)cc1)n1cnc(-c2ccccc2)c1-c1c(C(=O)Nc2cc(C(=O)O)ccc2N2CCN(C3CCCCC3)CC2)[nH]c2cc(Cl)ccc12. The summed E-state index contributed by atoms with van der Waals surface area (Å²) in [5.41, 5.74) is 6.37. The molecule has 4 aromatic carbocycles. The molecule has 1 unspecified atom stereocenters. The van der Waals surface area contributed by atoms with E-state index in [2.05, 4.69) is 31.6 Å². The van der Waals surface area contributed by atoms with Crippen LogP contribution in [-0.4, -0.2) is 68.6 Å². The summed E-state index contributed by atoms with van der Waals surface area (Å²) in [4.78, 5) is 40.2. The Kier molecular flexibility index (Phi) is 10.2. The molecule has 1 saturated heterocycles. The lowest BCUT2D eigenvalue weighted by Gasteiger charge is -2.42. The summed E-state index contributed by atoms with van der Waals surface area (Å²) in [6.45, 7) is 5.49. The zero-order valence-corrected chi connectivity index (χ0v) is 31.6. The van der Waals surface area contributed by atoms with Crippen LogP contribution in [0.3, 0.4) is 0 Å². The summed E-state index contributed by atoms with van der Waals surface area (Å²) in [7, 11) is 0. The van der Waals surface area contributed by atoms with Gasteiger partial charge in [0.15, 0.2) is 0 Å². The summed E-state index contributed by atoms with van der Waals surface area (Å²) in [6.07, 6.45) is 8.19. The number of nitrogens with zero attached hydrogens (tertiary/aromatic N) is 4. The molecule has 3 N–H and O–H groups in total. The summed E-state index contributed by atoms with van der Waals surface area (Å²) in [6, 6.07) is 28.6. The van der Waals surface area contributed by atoms with Crippen LogP contribution in [0.4, 0.5) is 11.4 Å². The molecule has 276 valence electrons. The van der Waals surface area contributed by atoms with Crippen molar-refractivity contribution in [3.63, 3.8) is 0 Å². The Bertz CT molecular complexity index is 2310. The van der Waals surface area contributed by atoms with Crippen LogP contribution in [-0.2, 0) is 0 Å². The fourth-order valence-electron chi connectivity index (χ4n) is 8.20. The van der Waals surface area contributed by atoms with Crippen molar-refractivity contribution in [1.82, 2.24) is 19.4 Å². The number of halogens is 2. The first-order valence-corrected chi connectivity index (χ1v) is 19.4. The number of H-pyrrole nitrogens is 1. The number of rotatable bonds is 9. The number of anilines is 2. The van der Waals surface area contributed by atoms with E-state index in [0.29, 0.717) is 44.2 Å². The first-order valence-electron chi connectivity index (χ1n) is 18.6. The molecule has 1 saturated carbocycles. The van der Waals surface area contributed by atoms with Crippen LogP contribution in [0, 0.1) is 0 Å². The van der Waals surface area contributed by atoms with Gasteiger partial charge in [0.2, 0.25) is 0 Å². The molecule has 2 aromatic heterocycles. The van der Waals surface area contributed by atoms with Gasteiger partial charge < -0.3 is 24.9 Å². The highest BCUT2D eigenvalue weighted by atomic mass is 35.5. The van der Waals surface area contributed by atoms with Gasteiger partial charge in [-0.05, 0) is 67.8 Å². The molecular formula is C43H42Cl2N6O3. The molecule has 1 atom stereocenters. The second-order valence-corrected chi connectivity index (χ2v) is 15.2. The van der Waals surface area contributed by atoms with Gasteiger partial charge in [-0.3, -0.25) is 9.69 Å². The van der Waals surface area contributed by atoms with Gasteiger partial charge in [-0.1, -0.05) is 91.0 Å². The first kappa shape index (κ1) is 35.9. The highest BCUT2D eigenvalue weighted by Gasteiger charge is 2.30. The van der Waals surface area contributed by atoms with Crippen molar-refractivity contribution in [2.24, 2.45) is 0 Å². The van der Waals surface area contributed by atoms with Crippen molar-refractivity contribution in [3.05, 3.63) is 124 Å². The number of piperazine rings is 1. The average Bonchev–Trinajstić information content (AvgIpc) is 3.80. The summed E-state index contributed by atoms with van der Waals surface area (Å²) in [5, 5.41) is 15.1. The number of hydrogen-bond acceptors (Lipinski definition) is 5. The molecule has 6 aromatic rings. The van der Waals surface area contributed by atoms with Crippen LogP contribution >= 0.6 is 23.2 Å². The van der Waals surface area contributed by atoms with E-state index in [1.165, 1.54) is 32.1 Å².